The topological polar surface area (TPSA) is 105 Å². The van der Waals surface area contributed by atoms with E-state index in [1.807, 2.05) is 56.3 Å². The Bertz CT molecular complexity index is 1100. The van der Waals surface area contributed by atoms with Crippen molar-refractivity contribution in [3.05, 3.63) is 53.6 Å². The van der Waals surface area contributed by atoms with Crippen LogP contribution in [0.4, 0.5) is 5.82 Å². The van der Waals surface area contributed by atoms with Crippen molar-refractivity contribution in [2.75, 3.05) is 12.8 Å². The van der Waals surface area contributed by atoms with Gasteiger partial charge in [-0.05, 0) is 31.5 Å². The van der Waals surface area contributed by atoms with Gasteiger partial charge in [0, 0.05) is 5.56 Å². The highest BCUT2D eigenvalue weighted by Gasteiger charge is 2.21. The van der Waals surface area contributed by atoms with E-state index in [2.05, 4.69) is 20.5 Å². The van der Waals surface area contributed by atoms with Crippen molar-refractivity contribution in [2.45, 2.75) is 13.8 Å². The molecule has 0 saturated heterocycles. The molecular weight excluding hydrogens is 344 g/mol. The Balaban J connectivity index is 1.73. The van der Waals surface area contributed by atoms with E-state index in [1.54, 1.807) is 7.11 Å². The molecule has 0 spiro atoms. The lowest BCUT2D eigenvalue weighted by molar-refractivity contribution is 0.411. The Hall–Kier alpha value is -3.68. The number of nitrogens with two attached hydrogens (primary N) is 1. The molecule has 2 aromatic heterocycles. The monoisotopic (exact) mass is 362 g/mol. The summed E-state index contributed by atoms with van der Waals surface area (Å²) in [5, 5.41) is 12.3. The third kappa shape index (κ3) is 3.01. The van der Waals surface area contributed by atoms with E-state index in [1.165, 1.54) is 4.68 Å². The number of methoxy groups -OCH3 is 1. The zero-order chi connectivity index (χ0) is 19.0. The van der Waals surface area contributed by atoms with E-state index in [0.717, 1.165) is 16.7 Å². The molecule has 0 unspecified atom stereocenters. The van der Waals surface area contributed by atoms with Gasteiger partial charge in [0.25, 0.3) is 5.89 Å². The molecule has 0 amide bonds. The molecule has 2 aromatic carbocycles. The smallest absolute Gasteiger partial charge is 0.282 e. The van der Waals surface area contributed by atoms with E-state index in [0.29, 0.717) is 23.0 Å². The molecule has 8 heteroatoms. The third-order valence-corrected chi connectivity index (χ3v) is 4.21. The first-order valence-electron chi connectivity index (χ1n) is 8.34. The van der Waals surface area contributed by atoms with E-state index in [9.17, 15) is 0 Å². The Morgan fingerprint density at radius 3 is 2.52 bits per heavy atom. The van der Waals surface area contributed by atoms with Crippen LogP contribution in [0.3, 0.4) is 0 Å². The van der Waals surface area contributed by atoms with Gasteiger partial charge in [0.2, 0.25) is 5.82 Å². The number of rotatable bonds is 4. The lowest BCUT2D eigenvalue weighted by Crippen LogP contribution is -2.04. The molecule has 8 nitrogen and oxygen atoms in total. The zero-order valence-electron chi connectivity index (χ0n) is 15.2. The van der Waals surface area contributed by atoms with Gasteiger partial charge in [0.1, 0.15) is 11.4 Å². The molecule has 2 N–H and O–H groups in total. The number of hydrogen-bond donors (Lipinski definition) is 1. The Kier molecular flexibility index (Phi) is 4.08. The number of ether oxygens (including phenoxy) is 1. The fraction of sp³-hybridized carbons (Fsp3) is 0.158. The SMILES string of the molecule is COc1ccc(C)cc1-n1nnc(-c2nc(-c3ccc(C)cc3)no2)c1N. The first-order chi connectivity index (χ1) is 13.1. The molecule has 4 aromatic rings. The Morgan fingerprint density at radius 2 is 1.78 bits per heavy atom. The van der Waals surface area contributed by atoms with Crippen molar-refractivity contribution in [2.24, 2.45) is 0 Å². The minimum Gasteiger partial charge on any atom is -0.494 e. The predicted octanol–water partition coefficient (Wildman–Crippen LogP) is 3.19. The first-order valence-corrected chi connectivity index (χ1v) is 8.34. The van der Waals surface area contributed by atoms with Crippen LogP contribution in [0.1, 0.15) is 11.1 Å². The molecule has 27 heavy (non-hydrogen) atoms. The average Bonchev–Trinajstić information content (AvgIpc) is 3.29. The number of nitrogens with zero attached hydrogens (tertiary/aromatic N) is 5. The highest BCUT2D eigenvalue weighted by atomic mass is 16.5. The van der Waals surface area contributed by atoms with Gasteiger partial charge in [0.05, 0.1) is 7.11 Å². The Labute approximate surface area is 155 Å². The van der Waals surface area contributed by atoms with Gasteiger partial charge in [0.15, 0.2) is 11.5 Å². The molecule has 136 valence electrons. The van der Waals surface area contributed by atoms with Crippen molar-refractivity contribution in [3.8, 4) is 34.4 Å². The summed E-state index contributed by atoms with van der Waals surface area (Å²) >= 11 is 0. The maximum atomic E-state index is 6.26. The number of nitrogen functional groups attached to an aromatic ring is 1. The molecular formula is C19H18N6O2. The van der Waals surface area contributed by atoms with Crippen LogP contribution in [0.2, 0.25) is 0 Å². The summed E-state index contributed by atoms with van der Waals surface area (Å²) in [6.07, 6.45) is 0. The molecule has 0 bridgehead atoms. The van der Waals surface area contributed by atoms with Crippen molar-refractivity contribution in [1.82, 2.24) is 25.1 Å². The fourth-order valence-corrected chi connectivity index (χ4v) is 2.72. The van der Waals surface area contributed by atoms with Crippen LogP contribution >= 0.6 is 0 Å². The van der Waals surface area contributed by atoms with E-state index >= 15 is 0 Å². The highest BCUT2D eigenvalue weighted by molar-refractivity contribution is 5.67. The summed E-state index contributed by atoms with van der Waals surface area (Å²) in [7, 11) is 1.59. The van der Waals surface area contributed by atoms with Gasteiger partial charge >= 0.3 is 0 Å². The molecule has 4 rings (SSSR count). The normalized spacial score (nSPS) is 10.9. The van der Waals surface area contributed by atoms with E-state index < -0.39 is 0 Å². The maximum absolute atomic E-state index is 6.26. The van der Waals surface area contributed by atoms with Crippen LogP contribution in [-0.4, -0.2) is 32.2 Å². The number of benzene rings is 2. The van der Waals surface area contributed by atoms with E-state index in [4.69, 9.17) is 15.0 Å². The summed E-state index contributed by atoms with van der Waals surface area (Å²) in [5.41, 5.74) is 10.3. The Morgan fingerprint density at radius 1 is 1.04 bits per heavy atom. The van der Waals surface area contributed by atoms with Crippen LogP contribution in [0.5, 0.6) is 5.75 Å². The molecule has 0 aliphatic rings. The van der Waals surface area contributed by atoms with Gasteiger partial charge in [-0.1, -0.05) is 46.3 Å². The lowest BCUT2D eigenvalue weighted by atomic mass is 10.1. The molecule has 0 saturated carbocycles. The van der Waals surface area contributed by atoms with Crippen LogP contribution in [0.25, 0.3) is 28.7 Å². The average molecular weight is 362 g/mol. The number of hydrogen-bond acceptors (Lipinski definition) is 7. The van der Waals surface area contributed by atoms with Crippen LogP contribution < -0.4 is 10.5 Å². The van der Waals surface area contributed by atoms with Crippen LogP contribution in [0.15, 0.2) is 47.0 Å². The number of aromatic nitrogens is 5. The van der Waals surface area contributed by atoms with Gasteiger partial charge < -0.3 is 15.0 Å². The van der Waals surface area contributed by atoms with E-state index in [-0.39, 0.29) is 11.7 Å². The fourth-order valence-electron chi connectivity index (χ4n) is 2.72. The molecule has 0 radical (unpaired) electrons. The summed E-state index contributed by atoms with van der Waals surface area (Å²) in [6, 6.07) is 13.6. The van der Waals surface area contributed by atoms with Crippen molar-refractivity contribution in [3.63, 3.8) is 0 Å². The number of aryl methyl sites for hydroxylation is 2. The summed E-state index contributed by atoms with van der Waals surface area (Å²) in [5.74, 6) is 1.60. The second-order valence-corrected chi connectivity index (χ2v) is 6.20. The standard InChI is InChI=1S/C19H18N6O2/c1-11-4-7-13(8-5-11)18-21-19(27-23-18)16-17(20)25(24-22-16)14-10-12(2)6-9-15(14)26-3/h4-10H,20H2,1-3H3. The van der Waals surface area contributed by atoms with Crippen molar-refractivity contribution in [1.29, 1.82) is 0 Å². The molecule has 0 atom stereocenters. The summed E-state index contributed by atoms with van der Waals surface area (Å²) in [6.45, 7) is 3.99. The van der Waals surface area contributed by atoms with Crippen LogP contribution in [-0.2, 0) is 0 Å². The van der Waals surface area contributed by atoms with Gasteiger partial charge in [-0.15, -0.1) is 5.10 Å². The van der Waals surface area contributed by atoms with Gasteiger partial charge in [-0.2, -0.15) is 9.67 Å². The quantitative estimate of drug-likeness (QED) is 0.594. The lowest BCUT2D eigenvalue weighted by Gasteiger charge is -2.09. The van der Waals surface area contributed by atoms with Gasteiger partial charge in [-0.25, -0.2) is 0 Å². The summed E-state index contributed by atoms with van der Waals surface area (Å²) < 4.78 is 12.3. The zero-order valence-corrected chi connectivity index (χ0v) is 15.2. The van der Waals surface area contributed by atoms with Crippen LogP contribution in [0, 0.1) is 13.8 Å². The molecule has 0 aliphatic heterocycles. The van der Waals surface area contributed by atoms with Crippen molar-refractivity contribution >= 4 is 5.82 Å². The summed E-state index contributed by atoms with van der Waals surface area (Å²) in [4.78, 5) is 4.40. The van der Waals surface area contributed by atoms with Crippen molar-refractivity contribution < 1.29 is 9.26 Å². The highest BCUT2D eigenvalue weighted by Crippen LogP contribution is 2.30. The maximum Gasteiger partial charge on any atom is 0.282 e. The minimum atomic E-state index is 0.209. The molecule has 0 aliphatic carbocycles. The van der Waals surface area contributed by atoms with Gasteiger partial charge in [-0.3, -0.25) is 0 Å². The predicted molar refractivity (Wildman–Crippen MR) is 101 cm³/mol. The molecule has 2 heterocycles. The second-order valence-electron chi connectivity index (χ2n) is 6.20. The second kappa shape index (κ2) is 6.56. The third-order valence-electron chi connectivity index (χ3n) is 4.21. The molecule has 0 fully saturated rings. The number of anilines is 1. The largest absolute Gasteiger partial charge is 0.494 e. The first kappa shape index (κ1) is 16.8. The minimum absolute atomic E-state index is 0.209.